The first kappa shape index (κ1) is 13.4. The van der Waals surface area contributed by atoms with E-state index in [9.17, 15) is 9.18 Å². The molecular weight excluding hydrogens is 199 g/mol. The predicted molar refractivity (Wildman–Crippen MR) is 55.5 cm³/mol. The first-order chi connectivity index (χ1) is 7.11. The van der Waals surface area contributed by atoms with E-state index in [0.717, 1.165) is 0 Å². The molecule has 1 aromatic rings. The van der Waals surface area contributed by atoms with Crippen molar-refractivity contribution in [1.29, 1.82) is 0 Å². The van der Waals surface area contributed by atoms with Crippen molar-refractivity contribution < 1.29 is 19.0 Å². The zero-order chi connectivity index (χ0) is 11.8. The van der Waals surface area contributed by atoms with E-state index >= 15 is 0 Å². The Bertz CT molecular complexity index is 312. The molecule has 15 heavy (non-hydrogen) atoms. The quantitative estimate of drug-likeness (QED) is 0.841. The van der Waals surface area contributed by atoms with E-state index in [-0.39, 0.29) is 5.75 Å². The summed E-state index contributed by atoms with van der Waals surface area (Å²) in [6.45, 7) is 5.34. The molecule has 84 valence electrons. The lowest BCUT2D eigenvalue weighted by molar-refractivity contribution is -0.144. The summed E-state index contributed by atoms with van der Waals surface area (Å²) >= 11 is 0. The Morgan fingerprint density at radius 1 is 1.40 bits per heavy atom. The summed E-state index contributed by atoms with van der Waals surface area (Å²) in [5.41, 5.74) is 0. The number of para-hydroxylation sites is 1. The molecule has 1 atom stereocenters. The Morgan fingerprint density at radius 2 is 1.93 bits per heavy atom. The highest BCUT2D eigenvalue weighted by Crippen LogP contribution is 2.16. The van der Waals surface area contributed by atoms with E-state index in [2.05, 4.69) is 0 Å². The summed E-state index contributed by atoms with van der Waals surface area (Å²) in [6, 6.07) is 5.68. The van der Waals surface area contributed by atoms with Crippen molar-refractivity contribution in [3.63, 3.8) is 0 Å². The van der Waals surface area contributed by atoms with Crippen molar-refractivity contribution in [3.05, 3.63) is 30.1 Å². The van der Waals surface area contributed by atoms with E-state index in [1.165, 1.54) is 25.1 Å². The van der Waals surface area contributed by atoms with Gasteiger partial charge < -0.3 is 9.84 Å². The number of ether oxygens (including phenoxy) is 1. The summed E-state index contributed by atoms with van der Waals surface area (Å²) in [6.07, 6.45) is -1.04. The summed E-state index contributed by atoms with van der Waals surface area (Å²) in [5.74, 6) is -1.73. The normalized spacial score (nSPS) is 10.9. The van der Waals surface area contributed by atoms with Crippen molar-refractivity contribution in [2.75, 3.05) is 0 Å². The molecular formula is C11H15FO3. The molecule has 1 unspecified atom stereocenters. The van der Waals surface area contributed by atoms with Crippen molar-refractivity contribution in [1.82, 2.24) is 0 Å². The monoisotopic (exact) mass is 214 g/mol. The minimum atomic E-state index is -1.12. The van der Waals surface area contributed by atoms with Crippen molar-refractivity contribution in [2.24, 2.45) is 0 Å². The number of carbonyl (C=O) groups is 1. The minimum Gasteiger partial charge on any atom is -0.479 e. The van der Waals surface area contributed by atoms with Gasteiger partial charge in [0.05, 0.1) is 0 Å². The van der Waals surface area contributed by atoms with E-state index < -0.39 is 17.9 Å². The number of benzene rings is 1. The SMILES string of the molecule is CC.CC(Oc1ccccc1F)C(=O)O. The minimum absolute atomic E-state index is 0.0441. The Kier molecular flexibility index (Phi) is 6.09. The highest BCUT2D eigenvalue weighted by molar-refractivity contribution is 5.72. The second-order valence-corrected chi connectivity index (χ2v) is 2.53. The molecule has 1 aromatic carbocycles. The van der Waals surface area contributed by atoms with Gasteiger partial charge in [0.1, 0.15) is 0 Å². The van der Waals surface area contributed by atoms with Gasteiger partial charge in [0, 0.05) is 0 Å². The molecule has 1 rings (SSSR count). The topological polar surface area (TPSA) is 46.5 Å². The number of rotatable bonds is 3. The maximum Gasteiger partial charge on any atom is 0.344 e. The third kappa shape index (κ3) is 4.44. The van der Waals surface area contributed by atoms with Gasteiger partial charge in [-0.1, -0.05) is 26.0 Å². The Labute approximate surface area is 88.5 Å². The van der Waals surface area contributed by atoms with Gasteiger partial charge in [-0.2, -0.15) is 0 Å². The predicted octanol–water partition coefficient (Wildman–Crippen LogP) is 2.70. The molecule has 0 saturated carbocycles. The van der Waals surface area contributed by atoms with Crippen LogP contribution in [0.2, 0.25) is 0 Å². The van der Waals surface area contributed by atoms with Crippen LogP contribution in [-0.4, -0.2) is 17.2 Å². The molecule has 0 aliphatic carbocycles. The van der Waals surface area contributed by atoms with Crippen LogP contribution in [0.4, 0.5) is 4.39 Å². The molecule has 0 spiro atoms. The highest BCUT2D eigenvalue weighted by atomic mass is 19.1. The van der Waals surface area contributed by atoms with E-state index in [4.69, 9.17) is 9.84 Å². The summed E-state index contributed by atoms with van der Waals surface area (Å²) in [5, 5.41) is 8.49. The third-order valence-corrected chi connectivity index (χ3v) is 1.49. The number of carboxylic acid groups (broad SMARTS) is 1. The number of hydrogen-bond donors (Lipinski definition) is 1. The van der Waals surface area contributed by atoms with Crippen LogP contribution in [0.5, 0.6) is 5.75 Å². The number of carboxylic acids is 1. The molecule has 0 aliphatic rings. The highest BCUT2D eigenvalue weighted by Gasteiger charge is 2.13. The van der Waals surface area contributed by atoms with Crippen molar-refractivity contribution >= 4 is 5.97 Å². The Hall–Kier alpha value is -1.58. The molecule has 1 N–H and O–H groups in total. The fourth-order valence-electron chi connectivity index (χ4n) is 0.781. The molecule has 0 bridgehead atoms. The number of hydrogen-bond acceptors (Lipinski definition) is 2. The molecule has 0 aromatic heterocycles. The summed E-state index contributed by atoms with van der Waals surface area (Å²) in [4.78, 5) is 10.4. The van der Waals surface area contributed by atoms with Crippen LogP contribution in [0.3, 0.4) is 0 Å². The lowest BCUT2D eigenvalue weighted by Gasteiger charge is -2.10. The maximum absolute atomic E-state index is 12.9. The zero-order valence-electron chi connectivity index (χ0n) is 9.03. The molecule has 3 nitrogen and oxygen atoms in total. The Morgan fingerprint density at radius 3 is 2.40 bits per heavy atom. The van der Waals surface area contributed by atoms with Crippen LogP contribution < -0.4 is 4.74 Å². The third-order valence-electron chi connectivity index (χ3n) is 1.49. The molecule has 0 heterocycles. The van der Waals surface area contributed by atoms with Crippen LogP contribution >= 0.6 is 0 Å². The first-order valence-electron chi connectivity index (χ1n) is 4.75. The number of halogens is 1. The van der Waals surface area contributed by atoms with Crippen LogP contribution in [0.15, 0.2) is 24.3 Å². The van der Waals surface area contributed by atoms with Crippen LogP contribution in [0, 0.1) is 5.82 Å². The molecule has 0 amide bonds. The number of aliphatic carboxylic acids is 1. The second-order valence-electron chi connectivity index (χ2n) is 2.53. The van der Waals surface area contributed by atoms with Crippen molar-refractivity contribution in [3.8, 4) is 5.75 Å². The molecule has 4 heteroatoms. The molecule has 0 saturated heterocycles. The van der Waals surface area contributed by atoms with Crippen LogP contribution in [0.25, 0.3) is 0 Å². The van der Waals surface area contributed by atoms with Gasteiger partial charge in [0.2, 0.25) is 0 Å². The molecule has 0 fully saturated rings. The fraction of sp³-hybridized carbons (Fsp3) is 0.364. The lowest BCUT2D eigenvalue weighted by Crippen LogP contribution is -2.23. The zero-order valence-corrected chi connectivity index (χ0v) is 9.03. The van der Waals surface area contributed by atoms with Gasteiger partial charge in [-0.3, -0.25) is 0 Å². The summed E-state index contributed by atoms with van der Waals surface area (Å²) < 4.78 is 17.7. The van der Waals surface area contributed by atoms with Crippen molar-refractivity contribution in [2.45, 2.75) is 26.9 Å². The largest absolute Gasteiger partial charge is 0.479 e. The van der Waals surface area contributed by atoms with Gasteiger partial charge in [0.25, 0.3) is 0 Å². The average Bonchev–Trinajstić information content (AvgIpc) is 2.24. The molecule has 0 radical (unpaired) electrons. The van der Waals surface area contributed by atoms with Crippen LogP contribution in [0.1, 0.15) is 20.8 Å². The average molecular weight is 214 g/mol. The lowest BCUT2D eigenvalue weighted by atomic mass is 10.3. The van der Waals surface area contributed by atoms with Gasteiger partial charge in [-0.05, 0) is 19.1 Å². The van der Waals surface area contributed by atoms with E-state index in [1.807, 2.05) is 13.8 Å². The smallest absolute Gasteiger partial charge is 0.344 e. The maximum atomic E-state index is 12.9. The first-order valence-corrected chi connectivity index (χ1v) is 4.75. The molecule has 0 aliphatic heterocycles. The van der Waals surface area contributed by atoms with Gasteiger partial charge in [0.15, 0.2) is 17.7 Å². The van der Waals surface area contributed by atoms with E-state index in [0.29, 0.717) is 0 Å². The van der Waals surface area contributed by atoms with Gasteiger partial charge >= 0.3 is 5.97 Å². The second kappa shape index (κ2) is 6.81. The van der Waals surface area contributed by atoms with Gasteiger partial charge in [-0.25, -0.2) is 9.18 Å². The Balaban J connectivity index is 0.000000921. The summed E-state index contributed by atoms with van der Waals surface area (Å²) in [7, 11) is 0. The standard InChI is InChI=1S/C9H9FO3.C2H6/c1-6(9(11)12)13-8-5-3-2-4-7(8)10;1-2/h2-6H,1H3,(H,11,12);1-2H3. The van der Waals surface area contributed by atoms with Crippen LogP contribution in [-0.2, 0) is 4.79 Å². The van der Waals surface area contributed by atoms with Gasteiger partial charge in [-0.15, -0.1) is 0 Å². The fourth-order valence-corrected chi connectivity index (χ4v) is 0.781. The van der Waals surface area contributed by atoms with E-state index in [1.54, 1.807) is 6.07 Å².